The van der Waals surface area contributed by atoms with Crippen LogP contribution in [0.5, 0.6) is 5.75 Å². The number of aromatic hydroxyl groups is 1. The molecule has 0 spiro atoms. The zero-order valence-corrected chi connectivity index (χ0v) is 12.6. The third kappa shape index (κ3) is 5.31. The van der Waals surface area contributed by atoms with Gasteiger partial charge >= 0.3 is 0 Å². The van der Waals surface area contributed by atoms with Crippen LogP contribution in [-0.2, 0) is 11.3 Å². The molecular weight excluding hydrogens is 298 g/mol. The average Bonchev–Trinajstić information content (AvgIpc) is 3.04. The Hall–Kier alpha value is -3.09. The average molecular weight is 315 g/mol. The second kappa shape index (κ2) is 7.79. The number of benzene rings is 1. The number of rotatable bonds is 6. The van der Waals surface area contributed by atoms with Gasteiger partial charge in [0, 0.05) is 11.3 Å². The Balaban J connectivity index is 1.80. The number of nitrogens with one attached hydrogen (secondary N) is 2. The van der Waals surface area contributed by atoms with Crippen molar-refractivity contribution in [3.63, 3.8) is 0 Å². The fourth-order valence-corrected chi connectivity index (χ4v) is 1.79. The molecule has 7 heteroatoms. The maximum atomic E-state index is 11.8. The first kappa shape index (κ1) is 16.3. The van der Waals surface area contributed by atoms with Crippen molar-refractivity contribution in [2.75, 3.05) is 0 Å². The molecule has 1 aromatic carbocycles. The van der Waals surface area contributed by atoms with Crippen LogP contribution in [-0.4, -0.2) is 22.6 Å². The van der Waals surface area contributed by atoms with Crippen LogP contribution >= 0.6 is 0 Å². The number of furan rings is 1. The largest absolute Gasteiger partial charge is 0.508 e. The summed E-state index contributed by atoms with van der Waals surface area (Å²) < 4.78 is 5.10. The minimum atomic E-state index is -0.462. The number of amides is 2. The van der Waals surface area contributed by atoms with Crippen molar-refractivity contribution in [1.82, 2.24) is 10.7 Å². The molecule has 0 radical (unpaired) electrons. The lowest BCUT2D eigenvalue weighted by Gasteiger charge is -2.04. The Kier molecular flexibility index (Phi) is 5.51. The molecule has 0 fully saturated rings. The maximum Gasteiger partial charge on any atom is 0.271 e. The van der Waals surface area contributed by atoms with Gasteiger partial charge in [-0.15, -0.1) is 0 Å². The number of carbonyl (C=O) groups excluding carboxylic acids is 2. The fraction of sp³-hybridized carbons (Fsp3) is 0.188. The van der Waals surface area contributed by atoms with Crippen molar-refractivity contribution in [2.24, 2.45) is 5.10 Å². The van der Waals surface area contributed by atoms with E-state index in [4.69, 9.17) is 4.42 Å². The van der Waals surface area contributed by atoms with Gasteiger partial charge in [0.25, 0.3) is 5.91 Å². The van der Waals surface area contributed by atoms with Crippen molar-refractivity contribution in [3.05, 3.63) is 54.0 Å². The molecule has 1 heterocycles. The summed E-state index contributed by atoms with van der Waals surface area (Å²) in [5, 5.41) is 15.9. The highest BCUT2D eigenvalue weighted by Crippen LogP contribution is 2.10. The van der Waals surface area contributed by atoms with Crippen molar-refractivity contribution < 1.29 is 19.1 Å². The third-order valence-electron chi connectivity index (χ3n) is 2.91. The first-order valence-electron chi connectivity index (χ1n) is 6.96. The van der Waals surface area contributed by atoms with E-state index >= 15 is 0 Å². The predicted molar refractivity (Wildman–Crippen MR) is 83.9 cm³/mol. The molecule has 0 aliphatic rings. The molecule has 23 heavy (non-hydrogen) atoms. The Morgan fingerprint density at radius 1 is 1.26 bits per heavy atom. The van der Waals surface area contributed by atoms with E-state index in [0.29, 0.717) is 18.0 Å². The van der Waals surface area contributed by atoms with Gasteiger partial charge < -0.3 is 14.8 Å². The molecule has 7 nitrogen and oxygen atoms in total. The van der Waals surface area contributed by atoms with E-state index < -0.39 is 5.91 Å². The number of phenolic OH excluding ortho intramolecular Hbond substituents is 1. The molecule has 0 saturated heterocycles. The van der Waals surface area contributed by atoms with Crippen LogP contribution < -0.4 is 10.7 Å². The quantitative estimate of drug-likeness (QED) is 0.558. The summed E-state index contributed by atoms with van der Waals surface area (Å²) >= 11 is 0. The molecule has 2 amide bonds. The van der Waals surface area contributed by atoms with Gasteiger partial charge in [-0.05, 0) is 37.3 Å². The number of hydrogen-bond acceptors (Lipinski definition) is 5. The van der Waals surface area contributed by atoms with E-state index in [9.17, 15) is 14.7 Å². The Morgan fingerprint density at radius 2 is 2.09 bits per heavy atom. The molecule has 1 aromatic heterocycles. The maximum absolute atomic E-state index is 11.8. The smallest absolute Gasteiger partial charge is 0.271 e. The molecule has 3 N–H and O–H groups in total. The summed E-state index contributed by atoms with van der Waals surface area (Å²) in [5.74, 6) is -0.0358. The molecule has 0 aliphatic carbocycles. The van der Waals surface area contributed by atoms with Gasteiger partial charge in [0.1, 0.15) is 11.5 Å². The Morgan fingerprint density at radius 3 is 2.78 bits per heavy atom. The van der Waals surface area contributed by atoms with E-state index in [1.165, 1.54) is 18.4 Å². The summed E-state index contributed by atoms with van der Waals surface area (Å²) in [7, 11) is 0. The lowest BCUT2D eigenvalue weighted by molar-refractivity contribution is -0.120. The molecule has 0 aliphatic heterocycles. The van der Waals surface area contributed by atoms with E-state index in [1.807, 2.05) is 0 Å². The highest BCUT2D eigenvalue weighted by atomic mass is 16.3. The van der Waals surface area contributed by atoms with Crippen LogP contribution in [0, 0.1) is 0 Å². The number of hydrazone groups is 1. The monoisotopic (exact) mass is 315 g/mol. The predicted octanol–water partition coefficient (Wildman–Crippen LogP) is 1.80. The Labute approximate surface area is 133 Å². The van der Waals surface area contributed by atoms with Crippen LogP contribution in [0.2, 0.25) is 0 Å². The van der Waals surface area contributed by atoms with Gasteiger partial charge in [-0.1, -0.05) is 6.07 Å². The van der Waals surface area contributed by atoms with Crippen LogP contribution in [0.1, 0.15) is 29.5 Å². The first-order chi connectivity index (χ1) is 11.0. The Bertz CT molecular complexity index is 708. The van der Waals surface area contributed by atoms with Gasteiger partial charge in [0.2, 0.25) is 5.91 Å². The molecule has 0 bridgehead atoms. The second-order valence-electron chi connectivity index (χ2n) is 4.87. The van der Waals surface area contributed by atoms with Crippen LogP contribution in [0.4, 0.5) is 0 Å². The van der Waals surface area contributed by atoms with E-state index in [1.54, 1.807) is 31.2 Å². The van der Waals surface area contributed by atoms with Crippen molar-refractivity contribution in [3.8, 4) is 5.75 Å². The first-order valence-corrected chi connectivity index (χ1v) is 6.96. The van der Waals surface area contributed by atoms with Gasteiger partial charge in [0.05, 0.1) is 19.2 Å². The minimum absolute atomic E-state index is 0.00402. The van der Waals surface area contributed by atoms with Crippen LogP contribution in [0.25, 0.3) is 0 Å². The van der Waals surface area contributed by atoms with Crippen molar-refractivity contribution >= 4 is 17.5 Å². The molecule has 120 valence electrons. The van der Waals surface area contributed by atoms with Gasteiger partial charge in [-0.2, -0.15) is 5.10 Å². The highest BCUT2D eigenvalue weighted by Gasteiger charge is 2.07. The summed E-state index contributed by atoms with van der Waals surface area (Å²) in [6, 6.07) is 9.41. The molecule has 0 unspecified atom stereocenters. The van der Waals surface area contributed by atoms with Gasteiger partial charge in [0.15, 0.2) is 0 Å². The number of phenols is 1. The number of nitrogens with zero attached hydrogens (tertiary/aromatic N) is 1. The van der Waals surface area contributed by atoms with Gasteiger partial charge in [-0.25, -0.2) is 5.43 Å². The standard InChI is InChI=1S/C16H17N3O4/c1-11(8-15(21)17-10-14-6-3-7-23-14)18-19-16(22)12-4-2-5-13(20)9-12/h2-7,9,20H,8,10H2,1H3,(H,17,21)(H,19,22). The zero-order valence-electron chi connectivity index (χ0n) is 12.6. The molecule has 2 rings (SSSR count). The van der Waals surface area contributed by atoms with Gasteiger partial charge in [-0.3, -0.25) is 9.59 Å². The molecular formula is C16H17N3O4. The summed E-state index contributed by atoms with van der Waals surface area (Å²) in [6.07, 6.45) is 1.59. The molecule has 2 aromatic rings. The SMILES string of the molecule is CC(CC(=O)NCc1ccco1)=NNC(=O)c1cccc(O)c1. The van der Waals surface area contributed by atoms with Crippen molar-refractivity contribution in [2.45, 2.75) is 19.9 Å². The lowest BCUT2D eigenvalue weighted by Crippen LogP contribution is -2.26. The van der Waals surface area contributed by atoms with Crippen molar-refractivity contribution in [1.29, 1.82) is 0 Å². The summed E-state index contributed by atoms with van der Waals surface area (Å²) in [4.78, 5) is 23.6. The van der Waals surface area contributed by atoms with Crippen LogP contribution in [0.15, 0.2) is 52.2 Å². The zero-order chi connectivity index (χ0) is 16.7. The van der Waals surface area contributed by atoms with E-state index in [-0.39, 0.29) is 23.6 Å². The topological polar surface area (TPSA) is 104 Å². The highest BCUT2D eigenvalue weighted by molar-refractivity contribution is 6.01. The second-order valence-corrected chi connectivity index (χ2v) is 4.87. The summed E-state index contributed by atoms with van der Waals surface area (Å²) in [5.41, 5.74) is 3.08. The number of hydrogen-bond donors (Lipinski definition) is 3. The summed E-state index contributed by atoms with van der Waals surface area (Å²) in [6.45, 7) is 1.93. The number of carbonyl (C=O) groups is 2. The van der Waals surface area contributed by atoms with E-state index in [2.05, 4.69) is 15.8 Å². The molecule has 0 atom stereocenters. The lowest BCUT2D eigenvalue weighted by atomic mass is 10.2. The fourth-order valence-electron chi connectivity index (χ4n) is 1.79. The normalized spacial score (nSPS) is 11.1. The van der Waals surface area contributed by atoms with Crippen LogP contribution in [0.3, 0.4) is 0 Å². The minimum Gasteiger partial charge on any atom is -0.508 e. The molecule has 0 saturated carbocycles. The third-order valence-corrected chi connectivity index (χ3v) is 2.91. The van der Waals surface area contributed by atoms with E-state index in [0.717, 1.165) is 0 Å².